The van der Waals surface area contributed by atoms with Crippen LogP contribution < -0.4 is 0 Å². The zero-order valence-electron chi connectivity index (χ0n) is 17.4. The molecular formula is C26H34Br2. The molecule has 0 fully saturated rings. The molecule has 0 unspecified atom stereocenters. The van der Waals surface area contributed by atoms with Crippen LogP contribution in [0.4, 0.5) is 0 Å². The van der Waals surface area contributed by atoms with Crippen LogP contribution in [0.3, 0.4) is 0 Å². The molecule has 0 nitrogen and oxygen atoms in total. The van der Waals surface area contributed by atoms with Crippen molar-refractivity contribution in [3.05, 3.63) is 68.6 Å². The quantitative estimate of drug-likeness (QED) is 0.199. The van der Waals surface area contributed by atoms with E-state index in [1.165, 1.54) is 75.3 Å². The summed E-state index contributed by atoms with van der Waals surface area (Å²) in [5.41, 5.74) is 5.85. The summed E-state index contributed by atoms with van der Waals surface area (Å²) in [4.78, 5) is 0. The van der Waals surface area contributed by atoms with Gasteiger partial charge in [-0.25, -0.2) is 0 Å². The Balaban J connectivity index is 2.39. The average Bonchev–Trinajstić information content (AvgIpc) is 2.71. The van der Waals surface area contributed by atoms with Crippen molar-refractivity contribution in [2.75, 3.05) is 0 Å². The summed E-state index contributed by atoms with van der Waals surface area (Å²) in [7, 11) is 0. The van der Waals surface area contributed by atoms with E-state index in [0.717, 1.165) is 8.95 Å². The second-order valence-electron chi connectivity index (χ2n) is 7.59. The van der Waals surface area contributed by atoms with Crippen molar-refractivity contribution in [1.82, 2.24) is 0 Å². The first-order valence-electron chi connectivity index (χ1n) is 10.9. The Morgan fingerprint density at radius 1 is 0.536 bits per heavy atom. The highest BCUT2D eigenvalue weighted by atomic mass is 79.9. The van der Waals surface area contributed by atoms with Crippen molar-refractivity contribution >= 4 is 43.0 Å². The molecule has 0 saturated heterocycles. The minimum Gasteiger partial charge on any atom is -0.0654 e. The lowest BCUT2D eigenvalue weighted by Crippen LogP contribution is -1.95. The first kappa shape index (κ1) is 23.4. The van der Waals surface area contributed by atoms with Gasteiger partial charge in [0, 0.05) is 8.95 Å². The van der Waals surface area contributed by atoms with Gasteiger partial charge in [0.1, 0.15) is 0 Å². The molecule has 28 heavy (non-hydrogen) atoms. The normalized spacial score (nSPS) is 12.1. The number of allylic oxidation sites excluding steroid dienone is 2. The van der Waals surface area contributed by atoms with Crippen molar-refractivity contribution in [2.45, 2.75) is 78.1 Å². The van der Waals surface area contributed by atoms with E-state index in [-0.39, 0.29) is 0 Å². The van der Waals surface area contributed by atoms with Gasteiger partial charge in [-0.2, -0.15) is 0 Å². The highest BCUT2D eigenvalue weighted by Crippen LogP contribution is 2.35. The lowest BCUT2D eigenvalue weighted by atomic mass is 9.88. The van der Waals surface area contributed by atoms with Crippen molar-refractivity contribution in [3.63, 3.8) is 0 Å². The fourth-order valence-corrected chi connectivity index (χ4v) is 4.23. The zero-order valence-corrected chi connectivity index (χ0v) is 20.6. The summed E-state index contributed by atoms with van der Waals surface area (Å²) < 4.78 is 2.30. The maximum atomic E-state index is 3.60. The molecule has 0 N–H and O–H groups in total. The fraction of sp³-hybridized carbons (Fsp3) is 0.462. The molecule has 0 atom stereocenters. The van der Waals surface area contributed by atoms with Gasteiger partial charge in [0.15, 0.2) is 0 Å². The molecule has 0 aliphatic heterocycles. The highest BCUT2D eigenvalue weighted by molar-refractivity contribution is 9.10. The molecule has 0 radical (unpaired) electrons. The summed E-state index contributed by atoms with van der Waals surface area (Å²) in [6, 6.07) is 17.8. The Kier molecular flexibility index (Phi) is 11.2. The van der Waals surface area contributed by atoms with Crippen molar-refractivity contribution in [2.24, 2.45) is 0 Å². The molecule has 2 aromatic carbocycles. The van der Waals surface area contributed by atoms with Crippen LogP contribution in [0.15, 0.2) is 57.5 Å². The minimum absolute atomic E-state index is 1.15. The van der Waals surface area contributed by atoms with E-state index in [9.17, 15) is 0 Å². The van der Waals surface area contributed by atoms with Crippen LogP contribution in [-0.2, 0) is 0 Å². The molecule has 2 heteroatoms. The monoisotopic (exact) mass is 504 g/mol. The van der Waals surface area contributed by atoms with Crippen molar-refractivity contribution in [3.8, 4) is 0 Å². The summed E-state index contributed by atoms with van der Waals surface area (Å²) >= 11 is 7.19. The van der Waals surface area contributed by atoms with E-state index in [2.05, 4.69) is 94.2 Å². The third kappa shape index (κ3) is 7.87. The van der Waals surface area contributed by atoms with Gasteiger partial charge >= 0.3 is 0 Å². The second-order valence-corrected chi connectivity index (χ2v) is 9.42. The van der Waals surface area contributed by atoms with E-state index in [1.54, 1.807) is 11.1 Å². The molecule has 152 valence electrons. The van der Waals surface area contributed by atoms with Crippen LogP contribution in [0, 0.1) is 0 Å². The molecule has 0 bridgehead atoms. The Morgan fingerprint density at radius 2 is 0.893 bits per heavy atom. The van der Waals surface area contributed by atoms with Crippen LogP contribution in [0.2, 0.25) is 0 Å². The van der Waals surface area contributed by atoms with Gasteiger partial charge in [0.05, 0.1) is 0 Å². The van der Waals surface area contributed by atoms with Gasteiger partial charge in [-0.1, -0.05) is 108 Å². The van der Waals surface area contributed by atoms with Gasteiger partial charge in [0.2, 0.25) is 0 Å². The number of hydrogen-bond acceptors (Lipinski definition) is 0. The van der Waals surface area contributed by atoms with E-state index in [0.29, 0.717) is 0 Å². The first-order chi connectivity index (χ1) is 13.7. The van der Waals surface area contributed by atoms with E-state index < -0.39 is 0 Å². The van der Waals surface area contributed by atoms with Crippen LogP contribution >= 0.6 is 31.9 Å². The van der Waals surface area contributed by atoms with E-state index in [1.807, 2.05) is 0 Å². The molecular weight excluding hydrogens is 472 g/mol. The summed E-state index contributed by atoms with van der Waals surface area (Å²) in [6.45, 7) is 4.57. The molecule has 2 aromatic rings. The van der Waals surface area contributed by atoms with Crippen LogP contribution in [0.5, 0.6) is 0 Å². The molecule has 0 heterocycles. The minimum atomic E-state index is 1.15. The number of rotatable bonds is 12. The zero-order chi connectivity index (χ0) is 20.2. The summed E-state index contributed by atoms with van der Waals surface area (Å²) in [5.74, 6) is 0. The maximum absolute atomic E-state index is 3.60. The standard InChI is InChI=1S/C26H34Br2/c1-3-5-7-9-11-25(21-13-17-23(27)18-14-21)26(12-10-8-6-4-2)22-15-19-24(28)20-16-22/h13-20H,3-12H2,1-2H3/b26-25+. The molecule has 0 spiro atoms. The van der Waals surface area contributed by atoms with Gasteiger partial charge in [-0.05, 0) is 72.2 Å². The van der Waals surface area contributed by atoms with Crippen molar-refractivity contribution < 1.29 is 0 Å². The Hall–Kier alpha value is -0.860. The Labute approximate surface area is 189 Å². The van der Waals surface area contributed by atoms with Crippen molar-refractivity contribution in [1.29, 1.82) is 0 Å². The van der Waals surface area contributed by atoms with E-state index >= 15 is 0 Å². The first-order valence-corrected chi connectivity index (χ1v) is 12.5. The second kappa shape index (κ2) is 13.4. The largest absolute Gasteiger partial charge is 0.0654 e. The maximum Gasteiger partial charge on any atom is 0.0175 e. The predicted molar refractivity (Wildman–Crippen MR) is 133 cm³/mol. The third-order valence-corrected chi connectivity index (χ3v) is 6.37. The molecule has 0 aliphatic carbocycles. The summed E-state index contributed by atoms with van der Waals surface area (Å²) in [5, 5.41) is 0. The SMILES string of the molecule is CCCCCC/C(=C(/CCCCCC)c1ccc(Br)cc1)c1ccc(Br)cc1. The number of unbranched alkanes of at least 4 members (excludes halogenated alkanes) is 6. The van der Waals surface area contributed by atoms with Crippen LogP contribution in [0.1, 0.15) is 89.2 Å². The number of hydrogen-bond donors (Lipinski definition) is 0. The lowest BCUT2D eigenvalue weighted by molar-refractivity contribution is 0.672. The molecule has 0 aromatic heterocycles. The smallest absolute Gasteiger partial charge is 0.0175 e. The summed E-state index contributed by atoms with van der Waals surface area (Å²) in [6.07, 6.45) is 12.8. The fourth-order valence-electron chi connectivity index (χ4n) is 3.70. The number of benzene rings is 2. The lowest BCUT2D eigenvalue weighted by Gasteiger charge is -2.18. The van der Waals surface area contributed by atoms with Gasteiger partial charge in [-0.3, -0.25) is 0 Å². The van der Waals surface area contributed by atoms with Gasteiger partial charge in [0.25, 0.3) is 0 Å². The Bertz CT molecular complexity index is 648. The third-order valence-electron chi connectivity index (χ3n) is 5.31. The molecule has 2 rings (SSSR count). The van der Waals surface area contributed by atoms with Crippen LogP contribution in [-0.4, -0.2) is 0 Å². The van der Waals surface area contributed by atoms with Crippen LogP contribution in [0.25, 0.3) is 11.1 Å². The topological polar surface area (TPSA) is 0 Å². The van der Waals surface area contributed by atoms with E-state index in [4.69, 9.17) is 0 Å². The highest BCUT2D eigenvalue weighted by Gasteiger charge is 2.12. The van der Waals surface area contributed by atoms with Gasteiger partial charge < -0.3 is 0 Å². The Morgan fingerprint density at radius 3 is 1.21 bits per heavy atom. The average molecular weight is 506 g/mol. The van der Waals surface area contributed by atoms with Gasteiger partial charge in [-0.15, -0.1) is 0 Å². The molecule has 0 saturated carbocycles. The predicted octanol–water partition coefficient (Wildman–Crippen LogP) is 10.1. The molecule has 0 aliphatic rings. The number of halogens is 2. The molecule has 0 amide bonds.